The third-order valence-electron chi connectivity index (χ3n) is 2.88. The third-order valence-corrected chi connectivity index (χ3v) is 3.73. The zero-order valence-corrected chi connectivity index (χ0v) is 11.8. The summed E-state index contributed by atoms with van der Waals surface area (Å²) in [6.45, 7) is 1.96. The number of sulfone groups is 1. The van der Waals surface area contributed by atoms with Crippen molar-refractivity contribution in [3.05, 3.63) is 42.2 Å². The lowest BCUT2D eigenvalue weighted by molar-refractivity contribution is 0.587. The summed E-state index contributed by atoms with van der Waals surface area (Å²) in [5.74, 6) is 0. The van der Waals surface area contributed by atoms with Gasteiger partial charge in [-0.3, -0.25) is 4.98 Å². The lowest BCUT2D eigenvalue weighted by atomic mass is 10.2. The fraction of sp³-hybridized carbons (Fsp3) is 0.154. The van der Waals surface area contributed by atoms with Gasteiger partial charge in [-0.1, -0.05) is 6.07 Å². The Morgan fingerprint density at radius 2 is 1.85 bits per heavy atom. The Hall–Kier alpha value is -2.28. The van der Waals surface area contributed by atoms with E-state index in [1.807, 2.05) is 31.2 Å². The largest absolute Gasteiger partial charge is 0.265 e. The van der Waals surface area contributed by atoms with Gasteiger partial charge in [-0.25, -0.2) is 17.9 Å². The second-order valence-corrected chi connectivity index (χ2v) is 6.50. The van der Waals surface area contributed by atoms with Crippen LogP contribution in [-0.4, -0.2) is 34.3 Å². The molecule has 7 heteroatoms. The zero-order valence-electron chi connectivity index (χ0n) is 11.0. The fourth-order valence-electron chi connectivity index (χ4n) is 1.87. The molecule has 0 atom stereocenters. The van der Waals surface area contributed by atoms with E-state index in [0.29, 0.717) is 0 Å². The molecule has 0 saturated heterocycles. The van der Waals surface area contributed by atoms with Crippen molar-refractivity contribution in [3.63, 3.8) is 0 Å². The third kappa shape index (κ3) is 2.16. The van der Waals surface area contributed by atoms with Gasteiger partial charge in [-0.2, -0.15) is 0 Å². The molecule has 0 aliphatic rings. The highest BCUT2D eigenvalue weighted by Gasteiger charge is 2.14. The Kier molecular flexibility index (Phi) is 2.79. The zero-order chi connectivity index (χ0) is 14.3. The molecule has 0 radical (unpaired) electrons. The summed E-state index contributed by atoms with van der Waals surface area (Å²) in [4.78, 5) is 8.19. The van der Waals surface area contributed by atoms with E-state index in [4.69, 9.17) is 0 Å². The highest BCUT2D eigenvalue weighted by Crippen LogP contribution is 2.20. The number of aromatic nitrogens is 4. The standard InChI is InChI=1S/C13H12N4O2S/c1-9-3-5-11(14-7-9)12-6-4-10-8-15-13(16-17(10)12)20(2,18)19/h3-8H,1-2H3. The fourth-order valence-corrected chi connectivity index (χ4v) is 2.34. The van der Waals surface area contributed by atoms with Crippen molar-refractivity contribution in [2.75, 3.05) is 6.26 Å². The van der Waals surface area contributed by atoms with E-state index in [0.717, 1.165) is 28.7 Å². The van der Waals surface area contributed by atoms with Crippen molar-refractivity contribution in [2.45, 2.75) is 12.1 Å². The SMILES string of the molecule is Cc1ccc(-c2ccc3cnc(S(C)(=O)=O)nn23)nc1. The molecule has 3 rings (SSSR count). The first-order chi connectivity index (χ1) is 9.45. The van der Waals surface area contributed by atoms with Gasteiger partial charge in [-0.05, 0) is 30.7 Å². The molecule has 0 spiro atoms. The highest BCUT2D eigenvalue weighted by atomic mass is 32.2. The summed E-state index contributed by atoms with van der Waals surface area (Å²) in [5, 5.41) is 3.88. The van der Waals surface area contributed by atoms with Crippen molar-refractivity contribution in [1.82, 2.24) is 19.6 Å². The molecular formula is C13H12N4O2S. The van der Waals surface area contributed by atoms with Gasteiger partial charge in [-0.15, -0.1) is 5.10 Å². The van der Waals surface area contributed by atoms with Crippen molar-refractivity contribution in [3.8, 4) is 11.4 Å². The van der Waals surface area contributed by atoms with Gasteiger partial charge in [0.25, 0.3) is 5.16 Å². The molecule has 3 heterocycles. The first-order valence-electron chi connectivity index (χ1n) is 5.93. The van der Waals surface area contributed by atoms with E-state index < -0.39 is 9.84 Å². The van der Waals surface area contributed by atoms with Crippen LogP contribution in [0.5, 0.6) is 0 Å². The van der Waals surface area contributed by atoms with Crippen LogP contribution in [0.1, 0.15) is 5.56 Å². The molecule has 102 valence electrons. The van der Waals surface area contributed by atoms with Gasteiger partial charge >= 0.3 is 0 Å². The van der Waals surface area contributed by atoms with Crippen LogP contribution in [0.25, 0.3) is 16.9 Å². The molecule has 0 aromatic carbocycles. The Morgan fingerprint density at radius 1 is 1.05 bits per heavy atom. The van der Waals surface area contributed by atoms with Crippen molar-refractivity contribution in [1.29, 1.82) is 0 Å². The van der Waals surface area contributed by atoms with Gasteiger partial charge in [0.05, 0.1) is 23.1 Å². The first kappa shape index (κ1) is 12.7. The molecule has 0 bridgehead atoms. The second kappa shape index (κ2) is 4.38. The van der Waals surface area contributed by atoms with Gasteiger partial charge in [0.1, 0.15) is 0 Å². The average molecular weight is 288 g/mol. The Morgan fingerprint density at radius 3 is 2.50 bits per heavy atom. The molecule has 0 saturated carbocycles. The second-order valence-electron chi connectivity index (χ2n) is 4.59. The van der Waals surface area contributed by atoms with E-state index in [1.54, 1.807) is 10.7 Å². The topological polar surface area (TPSA) is 77.2 Å². The lowest BCUT2D eigenvalue weighted by Gasteiger charge is -2.03. The molecule has 0 aliphatic carbocycles. The number of rotatable bonds is 2. The smallest absolute Gasteiger partial charge is 0.254 e. The summed E-state index contributed by atoms with van der Waals surface area (Å²) < 4.78 is 24.6. The Balaban J connectivity index is 2.24. The molecule has 20 heavy (non-hydrogen) atoms. The number of nitrogens with zero attached hydrogens (tertiary/aromatic N) is 4. The normalized spacial score (nSPS) is 11.9. The number of pyridine rings is 1. The van der Waals surface area contributed by atoms with Crippen molar-refractivity contribution < 1.29 is 8.42 Å². The van der Waals surface area contributed by atoms with Crippen LogP contribution in [0.15, 0.2) is 41.8 Å². The Bertz CT molecular complexity index is 882. The summed E-state index contributed by atoms with van der Waals surface area (Å²) in [6.07, 6.45) is 4.33. The maximum atomic E-state index is 11.5. The number of hydrogen-bond donors (Lipinski definition) is 0. The minimum Gasteiger partial charge on any atom is -0.254 e. The van der Waals surface area contributed by atoms with E-state index in [9.17, 15) is 8.42 Å². The maximum absolute atomic E-state index is 11.5. The van der Waals surface area contributed by atoms with Gasteiger partial charge < -0.3 is 0 Å². The van der Waals surface area contributed by atoms with Crippen LogP contribution in [0, 0.1) is 6.92 Å². The van der Waals surface area contributed by atoms with E-state index in [1.165, 1.54) is 6.20 Å². The molecule has 0 aliphatic heterocycles. The highest BCUT2D eigenvalue weighted by molar-refractivity contribution is 7.90. The number of aryl methyl sites for hydroxylation is 1. The summed E-state index contributed by atoms with van der Waals surface area (Å²) in [7, 11) is -3.44. The van der Waals surface area contributed by atoms with Gasteiger partial charge in [0, 0.05) is 12.5 Å². The summed E-state index contributed by atoms with van der Waals surface area (Å²) in [6, 6.07) is 7.48. The van der Waals surface area contributed by atoms with Crippen LogP contribution in [0.3, 0.4) is 0 Å². The van der Waals surface area contributed by atoms with Gasteiger partial charge in [0.2, 0.25) is 9.84 Å². The number of fused-ring (bicyclic) bond motifs is 1. The predicted molar refractivity (Wildman–Crippen MR) is 74.1 cm³/mol. The lowest BCUT2D eigenvalue weighted by Crippen LogP contribution is -2.08. The van der Waals surface area contributed by atoms with Crippen LogP contribution in [0.2, 0.25) is 0 Å². The average Bonchev–Trinajstić information content (AvgIpc) is 2.81. The maximum Gasteiger partial charge on any atom is 0.265 e. The van der Waals surface area contributed by atoms with Crippen LogP contribution in [-0.2, 0) is 9.84 Å². The molecule has 0 unspecified atom stereocenters. The van der Waals surface area contributed by atoms with Gasteiger partial charge in [0.15, 0.2) is 0 Å². The first-order valence-corrected chi connectivity index (χ1v) is 7.82. The minimum absolute atomic E-state index is 0.199. The predicted octanol–water partition coefficient (Wildman–Crippen LogP) is 1.50. The minimum atomic E-state index is -3.44. The van der Waals surface area contributed by atoms with Crippen LogP contribution in [0.4, 0.5) is 0 Å². The molecule has 0 N–H and O–H groups in total. The van der Waals surface area contributed by atoms with E-state index in [-0.39, 0.29) is 5.16 Å². The molecule has 3 aromatic rings. The van der Waals surface area contributed by atoms with Crippen LogP contribution < -0.4 is 0 Å². The van der Waals surface area contributed by atoms with Crippen molar-refractivity contribution in [2.24, 2.45) is 0 Å². The Labute approximate surface area is 116 Å². The molecule has 3 aromatic heterocycles. The van der Waals surface area contributed by atoms with E-state index >= 15 is 0 Å². The number of hydrogen-bond acceptors (Lipinski definition) is 5. The molecule has 0 amide bonds. The van der Waals surface area contributed by atoms with Crippen molar-refractivity contribution >= 4 is 15.4 Å². The monoisotopic (exact) mass is 288 g/mol. The molecule has 6 nitrogen and oxygen atoms in total. The van der Waals surface area contributed by atoms with Crippen LogP contribution >= 0.6 is 0 Å². The molecule has 0 fully saturated rings. The quantitative estimate of drug-likeness (QED) is 0.714. The summed E-state index contributed by atoms with van der Waals surface area (Å²) >= 11 is 0. The summed E-state index contributed by atoms with van der Waals surface area (Å²) in [5.41, 5.74) is 3.23. The molecular weight excluding hydrogens is 276 g/mol. The van der Waals surface area contributed by atoms with E-state index in [2.05, 4.69) is 15.1 Å².